The van der Waals surface area contributed by atoms with Gasteiger partial charge in [-0.05, 0) is 48.6 Å². The summed E-state index contributed by atoms with van der Waals surface area (Å²) in [5.41, 5.74) is 2.89. The van der Waals surface area contributed by atoms with Gasteiger partial charge in [-0.25, -0.2) is 0 Å². The Bertz CT molecular complexity index is 903. The van der Waals surface area contributed by atoms with Crippen LogP contribution in [-0.2, 0) is 12.8 Å². The van der Waals surface area contributed by atoms with Gasteiger partial charge in [-0.3, -0.25) is 0 Å². The fraction of sp³-hybridized carbons (Fsp3) is 0.143. The van der Waals surface area contributed by atoms with E-state index >= 15 is 0 Å². The fourth-order valence-electron chi connectivity index (χ4n) is 3.07. The summed E-state index contributed by atoms with van der Waals surface area (Å²) < 4.78 is 2.78. The molecule has 0 radical (unpaired) electrons. The normalized spacial score (nSPS) is 11.3. The lowest BCUT2D eigenvalue weighted by molar-refractivity contribution is 0.822. The largest absolute Gasteiger partial charge is 0.135 e. The van der Waals surface area contributed by atoms with E-state index in [9.17, 15) is 0 Å². The monoisotopic (exact) mass is 302 g/mol. The second-order valence-corrected chi connectivity index (χ2v) is 6.85. The summed E-state index contributed by atoms with van der Waals surface area (Å²) in [5, 5.41) is 2.81. The van der Waals surface area contributed by atoms with Crippen molar-refractivity contribution in [1.29, 1.82) is 0 Å². The zero-order chi connectivity index (χ0) is 14.8. The summed E-state index contributed by atoms with van der Waals surface area (Å²) in [6.07, 6.45) is 3.51. The van der Waals surface area contributed by atoms with Crippen molar-refractivity contribution in [3.63, 3.8) is 0 Å². The Labute approximate surface area is 135 Å². The molecule has 0 N–H and O–H groups in total. The first-order valence-electron chi connectivity index (χ1n) is 7.84. The predicted molar refractivity (Wildman–Crippen MR) is 97.8 cm³/mol. The Kier molecular flexibility index (Phi) is 3.65. The zero-order valence-corrected chi connectivity index (χ0v) is 13.3. The molecule has 0 aliphatic rings. The van der Waals surface area contributed by atoms with Gasteiger partial charge in [0.15, 0.2) is 0 Å². The van der Waals surface area contributed by atoms with Gasteiger partial charge in [0.25, 0.3) is 0 Å². The minimum atomic E-state index is 1.15. The van der Waals surface area contributed by atoms with Crippen molar-refractivity contribution in [3.8, 4) is 0 Å². The first-order valence-corrected chi connectivity index (χ1v) is 8.66. The van der Waals surface area contributed by atoms with Crippen LogP contribution in [0.15, 0.2) is 72.8 Å². The highest BCUT2D eigenvalue weighted by molar-refractivity contribution is 7.25. The average molecular weight is 302 g/mol. The Morgan fingerprint density at radius 1 is 0.591 bits per heavy atom. The van der Waals surface area contributed by atoms with Crippen LogP contribution in [0, 0.1) is 0 Å². The molecule has 4 rings (SSSR count). The molecule has 0 saturated carbocycles. The van der Waals surface area contributed by atoms with Gasteiger partial charge in [0.1, 0.15) is 0 Å². The van der Waals surface area contributed by atoms with Gasteiger partial charge in [-0.15, -0.1) is 11.3 Å². The highest BCUT2D eigenvalue weighted by Gasteiger charge is 2.05. The van der Waals surface area contributed by atoms with Crippen LogP contribution in [-0.4, -0.2) is 0 Å². The van der Waals surface area contributed by atoms with Crippen LogP contribution >= 0.6 is 11.3 Å². The van der Waals surface area contributed by atoms with Crippen molar-refractivity contribution in [3.05, 3.63) is 83.9 Å². The summed E-state index contributed by atoms with van der Waals surface area (Å²) in [6, 6.07) is 26.5. The van der Waals surface area contributed by atoms with E-state index in [-0.39, 0.29) is 0 Å². The Hall–Kier alpha value is -2.12. The minimum Gasteiger partial charge on any atom is -0.135 e. The van der Waals surface area contributed by atoms with Crippen molar-refractivity contribution >= 4 is 31.5 Å². The molecule has 1 heterocycles. The number of hydrogen-bond donors (Lipinski definition) is 0. The molecule has 0 aliphatic carbocycles. The van der Waals surface area contributed by atoms with E-state index in [0.29, 0.717) is 0 Å². The zero-order valence-electron chi connectivity index (χ0n) is 12.5. The van der Waals surface area contributed by atoms with E-state index in [1.807, 2.05) is 11.3 Å². The lowest BCUT2D eigenvalue weighted by atomic mass is 10.0. The second kappa shape index (κ2) is 5.94. The highest BCUT2D eigenvalue weighted by Crippen LogP contribution is 2.34. The molecule has 4 aromatic rings. The molecule has 0 atom stereocenters. The van der Waals surface area contributed by atoms with Crippen LogP contribution in [0.4, 0.5) is 0 Å². The Balaban J connectivity index is 1.56. The maximum atomic E-state index is 2.39. The third kappa shape index (κ3) is 2.65. The van der Waals surface area contributed by atoms with Crippen LogP contribution in [0.2, 0.25) is 0 Å². The second-order valence-electron chi connectivity index (χ2n) is 5.77. The quantitative estimate of drug-likeness (QED) is 0.419. The van der Waals surface area contributed by atoms with Gasteiger partial charge in [0.2, 0.25) is 0 Å². The molecular weight excluding hydrogens is 284 g/mol. The van der Waals surface area contributed by atoms with E-state index < -0.39 is 0 Å². The molecule has 108 valence electrons. The van der Waals surface area contributed by atoms with Crippen molar-refractivity contribution in [2.45, 2.75) is 19.3 Å². The van der Waals surface area contributed by atoms with Gasteiger partial charge in [0, 0.05) is 20.2 Å². The lowest BCUT2D eigenvalue weighted by Gasteiger charge is -2.03. The number of rotatable bonds is 4. The number of thiophene rings is 1. The number of hydrogen-bond acceptors (Lipinski definition) is 1. The lowest BCUT2D eigenvalue weighted by Crippen LogP contribution is -1.89. The van der Waals surface area contributed by atoms with Crippen molar-refractivity contribution in [1.82, 2.24) is 0 Å². The molecule has 0 amide bonds. The van der Waals surface area contributed by atoms with Crippen LogP contribution in [0.1, 0.15) is 17.5 Å². The smallest absolute Gasteiger partial charge is 0.0355 e. The molecule has 0 unspecified atom stereocenters. The summed E-state index contributed by atoms with van der Waals surface area (Å²) >= 11 is 1.89. The van der Waals surface area contributed by atoms with Gasteiger partial charge in [0.05, 0.1) is 0 Å². The van der Waals surface area contributed by atoms with E-state index in [2.05, 4.69) is 72.8 Å². The van der Waals surface area contributed by atoms with Crippen LogP contribution in [0.5, 0.6) is 0 Å². The molecule has 0 aliphatic heterocycles. The maximum Gasteiger partial charge on any atom is 0.0355 e. The first-order chi connectivity index (χ1) is 10.9. The number of aryl methyl sites for hydroxylation is 2. The van der Waals surface area contributed by atoms with Crippen LogP contribution in [0.25, 0.3) is 20.2 Å². The van der Waals surface area contributed by atoms with Crippen molar-refractivity contribution in [2.75, 3.05) is 0 Å². The molecule has 0 bridgehead atoms. The SMILES string of the molecule is c1ccc(CCCc2ccc3sc4ccccc4c3c2)cc1. The number of fused-ring (bicyclic) bond motifs is 3. The fourth-order valence-corrected chi connectivity index (χ4v) is 4.16. The van der Waals surface area contributed by atoms with E-state index in [0.717, 1.165) is 12.8 Å². The van der Waals surface area contributed by atoms with E-state index in [4.69, 9.17) is 0 Å². The third-order valence-electron chi connectivity index (χ3n) is 4.21. The predicted octanol–water partition coefficient (Wildman–Crippen LogP) is 6.23. The third-order valence-corrected chi connectivity index (χ3v) is 5.37. The molecular formula is C21H18S. The standard InChI is InChI=1S/C21H18S/c1-2-7-16(8-3-1)9-6-10-17-13-14-21-19(15-17)18-11-4-5-12-20(18)22-21/h1-5,7-8,11-15H,6,9-10H2. The summed E-state index contributed by atoms with van der Waals surface area (Å²) in [6.45, 7) is 0. The molecule has 22 heavy (non-hydrogen) atoms. The van der Waals surface area contributed by atoms with E-state index in [1.54, 1.807) is 0 Å². The van der Waals surface area contributed by atoms with Gasteiger partial charge in [-0.1, -0.05) is 54.6 Å². The summed E-state index contributed by atoms with van der Waals surface area (Å²) in [5.74, 6) is 0. The molecule has 3 aromatic carbocycles. The van der Waals surface area contributed by atoms with Crippen molar-refractivity contribution < 1.29 is 0 Å². The van der Waals surface area contributed by atoms with Crippen LogP contribution < -0.4 is 0 Å². The molecule has 1 heteroatoms. The first kappa shape index (κ1) is 13.5. The number of benzene rings is 3. The molecule has 0 nitrogen and oxygen atoms in total. The molecule has 0 fully saturated rings. The van der Waals surface area contributed by atoms with Crippen molar-refractivity contribution in [2.24, 2.45) is 0 Å². The highest BCUT2D eigenvalue weighted by atomic mass is 32.1. The molecule has 0 spiro atoms. The average Bonchev–Trinajstić information content (AvgIpc) is 2.94. The van der Waals surface area contributed by atoms with Gasteiger partial charge in [-0.2, -0.15) is 0 Å². The Morgan fingerprint density at radius 3 is 2.23 bits per heavy atom. The van der Waals surface area contributed by atoms with Gasteiger partial charge < -0.3 is 0 Å². The molecule has 1 aromatic heterocycles. The van der Waals surface area contributed by atoms with Crippen LogP contribution in [0.3, 0.4) is 0 Å². The minimum absolute atomic E-state index is 1.15. The maximum absolute atomic E-state index is 2.39. The topological polar surface area (TPSA) is 0 Å². The summed E-state index contributed by atoms with van der Waals surface area (Å²) in [4.78, 5) is 0. The van der Waals surface area contributed by atoms with Gasteiger partial charge >= 0.3 is 0 Å². The van der Waals surface area contributed by atoms with E-state index in [1.165, 1.54) is 37.7 Å². The summed E-state index contributed by atoms with van der Waals surface area (Å²) in [7, 11) is 0. The molecule has 0 saturated heterocycles. The Morgan fingerprint density at radius 2 is 1.32 bits per heavy atom.